The molecule has 1 aromatic carbocycles. The molecule has 128 valence electrons. The number of hydrogen-bond acceptors (Lipinski definition) is 3. The summed E-state index contributed by atoms with van der Waals surface area (Å²) in [5.41, 5.74) is 2.97. The molecule has 2 N–H and O–H groups in total. The third kappa shape index (κ3) is 3.96. The van der Waals surface area contributed by atoms with Crippen LogP contribution in [-0.2, 0) is 0 Å². The topological polar surface area (TPSA) is 55.8 Å². The van der Waals surface area contributed by atoms with E-state index in [-0.39, 0.29) is 18.2 Å². The molecule has 1 aliphatic rings. The maximum absolute atomic E-state index is 12.7. The van der Waals surface area contributed by atoms with Gasteiger partial charge in [0.05, 0.1) is 0 Å². The maximum atomic E-state index is 12.7. The highest BCUT2D eigenvalue weighted by Gasteiger charge is 2.39. The third-order valence-electron chi connectivity index (χ3n) is 4.80. The first kappa shape index (κ1) is 17.6. The van der Waals surface area contributed by atoms with Crippen molar-refractivity contribution in [3.05, 3.63) is 23.8 Å². The van der Waals surface area contributed by atoms with E-state index in [4.69, 9.17) is 5.11 Å². The molecular weight excluding hydrogens is 290 g/mol. The largest absolute Gasteiger partial charge is 0.396 e. The minimum atomic E-state index is -0.147. The van der Waals surface area contributed by atoms with Crippen molar-refractivity contribution in [2.75, 3.05) is 37.5 Å². The molecular formula is C18H29N3O2. The van der Waals surface area contributed by atoms with Gasteiger partial charge in [-0.1, -0.05) is 0 Å². The van der Waals surface area contributed by atoms with E-state index in [1.165, 1.54) is 0 Å². The molecule has 0 spiro atoms. The van der Waals surface area contributed by atoms with E-state index in [0.717, 1.165) is 49.2 Å². The van der Waals surface area contributed by atoms with Crippen molar-refractivity contribution < 1.29 is 9.90 Å². The molecule has 2 rings (SSSR count). The van der Waals surface area contributed by atoms with Gasteiger partial charge in [0.15, 0.2) is 0 Å². The SMILES string of the molecule is Cc1cc(NC(=O)N2CCCC2(C)CCCO)ccc1N(C)C. The number of rotatable bonds is 5. The summed E-state index contributed by atoms with van der Waals surface area (Å²) in [5, 5.41) is 12.1. The van der Waals surface area contributed by atoms with Gasteiger partial charge in [-0.15, -0.1) is 0 Å². The minimum Gasteiger partial charge on any atom is -0.396 e. The van der Waals surface area contributed by atoms with Gasteiger partial charge in [-0.25, -0.2) is 4.79 Å². The summed E-state index contributed by atoms with van der Waals surface area (Å²) in [7, 11) is 4.02. The average molecular weight is 319 g/mol. The van der Waals surface area contributed by atoms with E-state index in [0.29, 0.717) is 0 Å². The van der Waals surface area contributed by atoms with E-state index in [2.05, 4.69) is 17.1 Å². The molecule has 1 heterocycles. The van der Waals surface area contributed by atoms with Crippen LogP contribution in [0.25, 0.3) is 0 Å². The number of carbonyl (C=O) groups is 1. The lowest BCUT2D eigenvalue weighted by molar-refractivity contribution is 0.151. The molecule has 1 aliphatic heterocycles. The van der Waals surface area contributed by atoms with E-state index in [1.807, 2.05) is 44.1 Å². The number of nitrogens with one attached hydrogen (secondary N) is 1. The van der Waals surface area contributed by atoms with Crippen LogP contribution >= 0.6 is 0 Å². The zero-order valence-electron chi connectivity index (χ0n) is 14.7. The van der Waals surface area contributed by atoms with Crippen LogP contribution in [0.1, 0.15) is 38.2 Å². The second-order valence-electron chi connectivity index (χ2n) is 6.91. The van der Waals surface area contributed by atoms with Crippen LogP contribution in [0.4, 0.5) is 16.2 Å². The predicted molar refractivity (Wildman–Crippen MR) is 95.2 cm³/mol. The Bertz CT molecular complexity index is 559. The Balaban J connectivity index is 2.08. The molecule has 1 unspecified atom stereocenters. The van der Waals surface area contributed by atoms with Gasteiger partial charge in [0.2, 0.25) is 0 Å². The lowest BCUT2D eigenvalue weighted by Gasteiger charge is -2.35. The van der Waals surface area contributed by atoms with Crippen LogP contribution in [0.3, 0.4) is 0 Å². The summed E-state index contributed by atoms with van der Waals surface area (Å²) >= 11 is 0. The Morgan fingerprint density at radius 2 is 2.17 bits per heavy atom. The summed E-state index contributed by atoms with van der Waals surface area (Å²) in [6.45, 7) is 5.13. The van der Waals surface area contributed by atoms with Gasteiger partial charge < -0.3 is 20.2 Å². The Kier molecular flexibility index (Phi) is 5.52. The van der Waals surface area contributed by atoms with E-state index in [1.54, 1.807) is 0 Å². The van der Waals surface area contributed by atoms with Gasteiger partial charge in [0.1, 0.15) is 0 Å². The molecule has 0 aromatic heterocycles. The summed E-state index contributed by atoms with van der Waals surface area (Å²) in [4.78, 5) is 16.7. The van der Waals surface area contributed by atoms with E-state index in [9.17, 15) is 4.79 Å². The zero-order valence-corrected chi connectivity index (χ0v) is 14.7. The molecule has 0 aliphatic carbocycles. The number of hydrogen-bond donors (Lipinski definition) is 2. The molecule has 1 atom stereocenters. The number of urea groups is 1. The number of aliphatic hydroxyl groups excluding tert-OH is 1. The Morgan fingerprint density at radius 1 is 1.43 bits per heavy atom. The van der Waals surface area contributed by atoms with Crippen molar-refractivity contribution in [3.8, 4) is 0 Å². The summed E-state index contributed by atoms with van der Waals surface area (Å²) in [6.07, 6.45) is 3.60. The van der Waals surface area contributed by atoms with Gasteiger partial charge in [-0.3, -0.25) is 0 Å². The number of anilines is 2. The lowest BCUT2D eigenvalue weighted by atomic mass is 9.93. The van der Waals surface area contributed by atoms with Crippen LogP contribution in [-0.4, -0.2) is 48.8 Å². The molecule has 0 radical (unpaired) electrons. The van der Waals surface area contributed by atoms with Gasteiger partial charge in [0.25, 0.3) is 0 Å². The highest BCUT2D eigenvalue weighted by atomic mass is 16.3. The molecule has 1 saturated heterocycles. The number of aliphatic hydroxyl groups is 1. The summed E-state index contributed by atoms with van der Waals surface area (Å²) in [5.74, 6) is 0. The Morgan fingerprint density at radius 3 is 2.78 bits per heavy atom. The van der Waals surface area contributed by atoms with Crippen LogP contribution < -0.4 is 10.2 Å². The monoisotopic (exact) mass is 319 g/mol. The standard InChI is InChI=1S/C18H29N3O2/c1-14-13-15(7-8-16(14)20(3)4)19-17(23)21-11-5-9-18(21,2)10-6-12-22/h7-8,13,22H,5-6,9-12H2,1-4H3,(H,19,23). The fourth-order valence-electron chi connectivity index (χ4n) is 3.52. The van der Waals surface area contributed by atoms with Crippen molar-refractivity contribution in [2.45, 2.75) is 45.1 Å². The number of nitrogens with zero attached hydrogens (tertiary/aromatic N) is 2. The van der Waals surface area contributed by atoms with Gasteiger partial charge in [-0.05, 0) is 63.3 Å². The van der Waals surface area contributed by atoms with Crippen molar-refractivity contribution in [2.24, 2.45) is 0 Å². The minimum absolute atomic E-state index is 0.0417. The van der Waals surface area contributed by atoms with Crippen molar-refractivity contribution >= 4 is 17.4 Å². The van der Waals surface area contributed by atoms with E-state index >= 15 is 0 Å². The smallest absolute Gasteiger partial charge is 0.322 e. The van der Waals surface area contributed by atoms with Crippen molar-refractivity contribution in [1.82, 2.24) is 4.90 Å². The first-order valence-electron chi connectivity index (χ1n) is 8.35. The Hall–Kier alpha value is -1.75. The Labute approximate surface area is 139 Å². The number of likely N-dealkylation sites (tertiary alicyclic amines) is 1. The molecule has 0 bridgehead atoms. The number of aryl methyl sites for hydroxylation is 1. The number of carbonyl (C=O) groups excluding carboxylic acids is 1. The first-order chi connectivity index (χ1) is 10.9. The van der Waals surface area contributed by atoms with Crippen LogP contribution in [0.2, 0.25) is 0 Å². The fraction of sp³-hybridized carbons (Fsp3) is 0.611. The summed E-state index contributed by atoms with van der Waals surface area (Å²) < 4.78 is 0. The summed E-state index contributed by atoms with van der Waals surface area (Å²) in [6, 6.07) is 5.94. The normalized spacial score (nSPS) is 20.7. The van der Waals surface area contributed by atoms with Crippen molar-refractivity contribution in [1.29, 1.82) is 0 Å². The molecule has 2 amide bonds. The second-order valence-corrected chi connectivity index (χ2v) is 6.91. The highest BCUT2D eigenvalue weighted by Crippen LogP contribution is 2.33. The molecule has 23 heavy (non-hydrogen) atoms. The number of benzene rings is 1. The lowest BCUT2D eigenvalue weighted by Crippen LogP contribution is -2.47. The average Bonchev–Trinajstić information content (AvgIpc) is 2.87. The third-order valence-corrected chi connectivity index (χ3v) is 4.80. The van der Waals surface area contributed by atoms with Crippen LogP contribution in [0.5, 0.6) is 0 Å². The van der Waals surface area contributed by atoms with Crippen molar-refractivity contribution in [3.63, 3.8) is 0 Å². The highest BCUT2D eigenvalue weighted by molar-refractivity contribution is 5.90. The number of amides is 2. The van der Waals surface area contributed by atoms with Crippen LogP contribution in [0, 0.1) is 6.92 Å². The maximum Gasteiger partial charge on any atom is 0.322 e. The van der Waals surface area contributed by atoms with Gasteiger partial charge in [0, 0.05) is 44.2 Å². The molecule has 5 heteroatoms. The predicted octanol–water partition coefficient (Wildman–Crippen LogP) is 3.22. The molecule has 5 nitrogen and oxygen atoms in total. The second kappa shape index (κ2) is 7.21. The molecule has 1 aromatic rings. The molecule has 0 saturated carbocycles. The quantitative estimate of drug-likeness (QED) is 0.876. The first-order valence-corrected chi connectivity index (χ1v) is 8.35. The van der Waals surface area contributed by atoms with Gasteiger partial charge >= 0.3 is 6.03 Å². The van der Waals surface area contributed by atoms with Crippen LogP contribution in [0.15, 0.2) is 18.2 Å². The van der Waals surface area contributed by atoms with Gasteiger partial charge in [-0.2, -0.15) is 0 Å². The fourth-order valence-corrected chi connectivity index (χ4v) is 3.52. The molecule has 1 fully saturated rings. The van der Waals surface area contributed by atoms with E-state index < -0.39 is 0 Å². The zero-order chi connectivity index (χ0) is 17.0.